The van der Waals surface area contributed by atoms with Gasteiger partial charge in [-0.05, 0) is 42.5 Å². The summed E-state index contributed by atoms with van der Waals surface area (Å²) in [5, 5.41) is 13.5. The number of hydrogen-bond acceptors (Lipinski definition) is 3. The second-order valence-corrected chi connectivity index (χ2v) is 7.31. The molecule has 5 nitrogen and oxygen atoms in total. The van der Waals surface area contributed by atoms with Gasteiger partial charge >= 0.3 is 6.03 Å². The van der Waals surface area contributed by atoms with E-state index in [9.17, 15) is 9.90 Å². The van der Waals surface area contributed by atoms with E-state index in [-0.39, 0.29) is 17.8 Å². The molecule has 1 aliphatic carbocycles. The fourth-order valence-electron chi connectivity index (χ4n) is 3.59. The standard InChI is InChI=1S/C20H21ClN2O3/c21-18-4-2-1-3-17(18)14-9-15(10-14)22-20(25)23-7-8-26-19-11-16(24)6-5-13(19)12-23/h1-6,11,14-15,24H,7-10,12H2,(H,22,25). The Morgan fingerprint density at radius 2 is 2.04 bits per heavy atom. The van der Waals surface area contributed by atoms with E-state index in [0.29, 0.717) is 31.4 Å². The van der Waals surface area contributed by atoms with Gasteiger partial charge in [-0.1, -0.05) is 29.8 Å². The van der Waals surface area contributed by atoms with Crippen molar-refractivity contribution in [2.75, 3.05) is 13.2 Å². The van der Waals surface area contributed by atoms with Crippen molar-refractivity contribution in [3.05, 3.63) is 58.6 Å². The molecule has 136 valence electrons. The Bertz CT molecular complexity index is 820. The van der Waals surface area contributed by atoms with Gasteiger partial charge in [0.05, 0.1) is 13.1 Å². The second-order valence-electron chi connectivity index (χ2n) is 6.90. The molecule has 0 saturated heterocycles. The lowest BCUT2D eigenvalue weighted by Gasteiger charge is -2.37. The number of rotatable bonds is 2. The molecule has 6 heteroatoms. The quantitative estimate of drug-likeness (QED) is 0.840. The molecular formula is C20H21ClN2O3. The van der Waals surface area contributed by atoms with E-state index in [1.165, 1.54) is 0 Å². The van der Waals surface area contributed by atoms with Gasteiger partial charge in [0.1, 0.15) is 18.1 Å². The van der Waals surface area contributed by atoms with Crippen molar-refractivity contribution in [2.24, 2.45) is 0 Å². The molecule has 0 spiro atoms. The van der Waals surface area contributed by atoms with Crippen LogP contribution < -0.4 is 10.1 Å². The number of hydrogen-bond donors (Lipinski definition) is 2. The van der Waals surface area contributed by atoms with Crippen LogP contribution in [0.25, 0.3) is 0 Å². The van der Waals surface area contributed by atoms with Gasteiger partial charge < -0.3 is 20.1 Å². The van der Waals surface area contributed by atoms with Crippen molar-refractivity contribution in [1.82, 2.24) is 10.2 Å². The summed E-state index contributed by atoms with van der Waals surface area (Å²) in [4.78, 5) is 14.4. The maximum Gasteiger partial charge on any atom is 0.318 e. The van der Waals surface area contributed by atoms with Crippen LogP contribution in [0.1, 0.15) is 29.9 Å². The van der Waals surface area contributed by atoms with Crippen molar-refractivity contribution in [2.45, 2.75) is 31.3 Å². The van der Waals surface area contributed by atoms with E-state index in [1.54, 1.807) is 23.1 Å². The molecule has 1 aliphatic heterocycles. The van der Waals surface area contributed by atoms with Crippen LogP contribution in [-0.4, -0.2) is 35.2 Å². The van der Waals surface area contributed by atoms with E-state index in [0.717, 1.165) is 29.0 Å². The van der Waals surface area contributed by atoms with E-state index in [2.05, 4.69) is 11.4 Å². The van der Waals surface area contributed by atoms with Gasteiger partial charge in [0.15, 0.2) is 0 Å². The third-order valence-electron chi connectivity index (χ3n) is 5.13. The number of urea groups is 1. The highest BCUT2D eigenvalue weighted by Crippen LogP contribution is 2.40. The van der Waals surface area contributed by atoms with E-state index >= 15 is 0 Å². The molecule has 26 heavy (non-hydrogen) atoms. The van der Waals surface area contributed by atoms with Gasteiger partial charge in [-0.15, -0.1) is 0 Å². The second kappa shape index (κ2) is 7.08. The molecule has 0 unspecified atom stereocenters. The molecule has 2 aromatic carbocycles. The Hall–Kier alpha value is -2.40. The average molecular weight is 373 g/mol. The van der Waals surface area contributed by atoms with Crippen molar-refractivity contribution in [3.63, 3.8) is 0 Å². The van der Waals surface area contributed by atoms with E-state index in [4.69, 9.17) is 16.3 Å². The molecule has 1 heterocycles. The Balaban J connectivity index is 1.34. The van der Waals surface area contributed by atoms with Gasteiger partial charge in [-0.3, -0.25) is 0 Å². The SMILES string of the molecule is O=C(NC1CC(c2ccccc2Cl)C1)N1CCOc2cc(O)ccc2C1. The van der Waals surface area contributed by atoms with E-state index < -0.39 is 0 Å². The molecule has 2 amide bonds. The highest BCUT2D eigenvalue weighted by molar-refractivity contribution is 6.31. The molecule has 1 fully saturated rings. The lowest BCUT2D eigenvalue weighted by Crippen LogP contribution is -2.49. The molecule has 0 radical (unpaired) electrons. The zero-order chi connectivity index (χ0) is 18.1. The minimum Gasteiger partial charge on any atom is -0.508 e. The number of fused-ring (bicyclic) bond motifs is 1. The first-order valence-corrected chi connectivity index (χ1v) is 9.22. The number of phenols is 1. The lowest BCUT2D eigenvalue weighted by molar-refractivity contribution is 0.174. The lowest BCUT2D eigenvalue weighted by atomic mass is 9.76. The number of nitrogens with zero attached hydrogens (tertiary/aromatic N) is 1. The summed E-state index contributed by atoms with van der Waals surface area (Å²) in [6, 6.07) is 13.0. The van der Waals surface area contributed by atoms with Gasteiger partial charge in [0.2, 0.25) is 0 Å². The van der Waals surface area contributed by atoms with Crippen LogP contribution in [0.2, 0.25) is 5.02 Å². The minimum atomic E-state index is -0.0721. The number of aromatic hydroxyl groups is 1. The third kappa shape index (κ3) is 3.44. The van der Waals surface area contributed by atoms with Gasteiger partial charge in [0, 0.05) is 22.7 Å². The van der Waals surface area contributed by atoms with Crippen LogP contribution in [-0.2, 0) is 6.54 Å². The monoisotopic (exact) mass is 372 g/mol. The number of halogens is 1. The summed E-state index contributed by atoms with van der Waals surface area (Å²) < 4.78 is 5.65. The third-order valence-corrected chi connectivity index (χ3v) is 5.47. The number of ether oxygens (including phenoxy) is 1. The van der Waals surface area contributed by atoms with Gasteiger partial charge in [-0.25, -0.2) is 4.79 Å². The number of carbonyl (C=O) groups is 1. The topological polar surface area (TPSA) is 61.8 Å². The first-order chi connectivity index (χ1) is 12.6. The zero-order valence-corrected chi connectivity index (χ0v) is 15.1. The fourth-order valence-corrected chi connectivity index (χ4v) is 3.88. The number of phenolic OH excluding ortho intramolecular Hbond substituents is 1. The molecule has 2 N–H and O–H groups in total. The smallest absolute Gasteiger partial charge is 0.318 e. The summed E-state index contributed by atoms with van der Waals surface area (Å²) in [7, 11) is 0. The van der Waals surface area contributed by atoms with Crippen LogP contribution >= 0.6 is 11.6 Å². The van der Waals surface area contributed by atoms with Crippen LogP contribution in [0.3, 0.4) is 0 Å². The molecule has 2 aromatic rings. The van der Waals surface area contributed by atoms with Crippen molar-refractivity contribution in [1.29, 1.82) is 0 Å². The van der Waals surface area contributed by atoms with Crippen molar-refractivity contribution < 1.29 is 14.6 Å². The summed E-state index contributed by atoms with van der Waals surface area (Å²) in [5.41, 5.74) is 2.06. The summed E-state index contributed by atoms with van der Waals surface area (Å²) in [6.45, 7) is 1.40. The number of carbonyl (C=O) groups excluding carboxylic acids is 1. The van der Waals surface area contributed by atoms with Crippen LogP contribution in [0.4, 0.5) is 4.79 Å². The van der Waals surface area contributed by atoms with Crippen LogP contribution in [0.15, 0.2) is 42.5 Å². The van der Waals surface area contributed by atoms with Crippen LogP contribution in [0.5, 0.6) is 11.5 Å². The molecule has 0 atom stereocenters. The van der Waals surface area contributed by atoms with Gasteiger partial charge in [0.25, 0.3) is 0 Å². The van der Waals surface area contributed by atoms with Crippen molar-refractivity contribution >= 4 is 17.6 Å². The molecular weight excluding hydrogens is 352 g/mol. The molecule has 0 bridgehead atoms. The minimum absolute atomic E-state index is 0.0721. The molecule has 0 aromatic heterocycles. The summed E-state index contributed by atoms with van der Waals surface area (Å²) in [6.07, 6.45) is 1.81. The number of amides is 2. The number of nitrogens with one attached hydrogen (secondary N) is 1. The first-order valence-electron chi connectivity index (χ1n) is 8.84. The molecule has 4 rings (SSSR count). The highest BCUT2D eigenvalue weighted by atomic mass is 35.5. The zero-order valence-electron chi connectivity index (χ0n) is 14.3. The van der Waals surface area contributed by atoms with Crippen LogP contribution in [0, 0.1) is 0 Å². The summed E-state index contributed by atoms with van der Waals surface area (Å²) in [5.74, 6) is 1.22. The largest absolute Gasteiger partial charge is 0.508 e. The Morgan fingerprint density at radius 1 is 1.23 bits per heavy atom. The maximum atomic E-state index is 12.6. The maximum absolute atomic E-state index is 12.6. The number of benzene rings is 2. The Kier molecular flexibility index (Phi) is 4.64. The van der Waals surface area contributed by atoms with Gasteiger partial charge in [-0.2, -0.15) is 0 Å². The molecule has 2 aliphatic rings. The highest BCUT2D eigenvalue weighted by Gasteiger charge is 2.33. The predicted molar refractivity (Wildman–Crippen MR) is 99.8 cm³/mol. The average Bonchev–Trinajstić information content (AvgIpc) is 2.80. The Morgan fingerprint density at radius 3 is 2.85 bits per heavy atom. The van der Waals surface area contributed by atoms with E-state index in [1.807, 2.05) is 18.2 Å². The molecule has 1 saturated carbocycles. The summed E-state index contributed by atoms with van der Waals surface area (Å²) >= 11 is 6.26. The predicted octanol–water partition coefficient (Wildman–Crippen LogP) is 3.90. The van der Waals surface area contributed by atoms with Crippen molar-refractivity contribution in [3.8, 4) is 11.5 Å². The fraction of sp³-hybridized carbons (Fsp3) is 0.350. The Labute approximate surface area is 157 Å². The normalized spacial score (nSPS) is 21.8. The first kappa shape index (κ1) is 17.0.